The third-order valence-corrected chi connectivity index (χ3v) is 7.26. The smallest absolute Gasteiger partial charge is 0.246 e. The summed E-state index contributed by atoms with van der Waals surface area (Å²) in [5.41, 5.74) is 4.18. The van der Waals surface area contributed by atoms with Crippen LogP contribution in [0.15, 0.2) is 24.3 Å². The molecule has 1 aromatic rings. The van der Waals surface area contributed by atoms with Gasteiger partial charge in [0.15, 0.2) is 0 Å². The van der Waals surface area contributed by atoms with E-state index in [1.807, 2.05) is 11.0 Å². The lowest BCUT2D eigenvalue weighted by atomic mass is 9.85. The number of nitrogens with zero attached hydrogens (tertiary/aromatic N) is 1. The van der Waals surface area contributed by atoms with Crippen LogP contribution in [0.25, 0.3) is 6.08 Å². The van der Waals surface area contributed by atoms with Gasteiger partial charge in [-0.05, 0) is 74.6 Å². The van der Waals surface area contributed by atoms with Crippen LogP contribution in [0, 0.1) is 0 Å². The van der Waals surface area contributed by atoms with Crippen LogP contribution >= 0.6 is 0 Å². The third-order valence-electron chi connectivity index (χ3n) is 7.26. The molecule has 1 saturated heterocycles. The van der Waals surface area contributed by atoms with Crippen LogP contribution in [0.5, 0.6) is 0 Å². The maximum Gasteiger partial charge on any atom is 0.246 e. The van der Waals surface area contributed by atoms with E-state index in [4.69, 9.17) is 4.74 Å². The van der Waals surface area contributed by atoms with Crippen LogP contribution in [-0.2, 0) is 22.4 Å². The molecule has 3 heteroatoms. The summed E-state index contributed by atoms with van der Waals surface area (Å²) < 4.78 is 6.60. The highest BCUT2D eigenvalue weighted by molar-refractivity contribution is 5.91. The van der Waals surface area contributed by atoms with Gasteiger partial charge in [0.1, 0.15) is 0 Å². The summed E-state index contributed by atoms with van der Waals surface area (Å²) in [6, 6.07) is 6.62. The number of aryl methyl sites for hydroxylation is 2. The van der Waals surface area contributed by atoms with E-state index in [9.17, 15) is 4.79 Å². The minimum absolute atomic E-state index is 0.105. The number of fused-ring (bicyclic) bond motifs is 1. The maximum absolute atomic E-state index is 12.8. The van der Waals surface area contributed by atoms with Crippen molar-refractivity contribution >= 4 is 12.0 Å². The van der Waals surface area contributed by atoms with E-state index in [0.717, 1.165) is 25.1 Å². The number of benzene rings is 1. The Hall–Kier alpha value is -1.61. The lowest BCUT2D eigenvalue weighted by Crippen LogP contribution is -2.38. The maximum atomic E-state index is 12.8. The van der Waals surface area contributed by atoms with Gasteiger partial charge in [-0.3, -0.25) is 4.79 Å². The molecule has 1 amide bonds. The largest absolute Gasteiger partial charge is 0.370 e. The predicted octanol–water partition coefficient (Wildman–Crippen LogP) is 5.70. The minimum Gasteiger partial charge on any atom is -0.370 e. The Morgan fingerprint density at radius 1 is 1.07 bits per heavy atom. The van der Waals surface area contributed by atoms with Gasteiger partial charge in [0.05, 0.1) is 11.7 Å². The number of carbonyl (C=O) groups excluding carboxylic acids is 1. The second kappa shape index (κ2) is 9.47. The Morgan fingerprint density at radius 3 is 2.62 bits per heavy atom. The van der Waals surface area contributed by atoms with Crippen LogP contribution in [0.3, 0.4) is 0 Å². The van der Waals surface area contributed by atoms with Crippen molar-refractivity contribution in [2.24, 2.45) is 0 Å². The Morgan fingerprint density at radius 2 is 1.83 bits per heavy atom. The summed E-state index contributed by atoms with van der Waals surface area (Å²) in [5.74, 6) is 0.107. The summed E-state index contributed by atoms with van der Waals surface area (Å²) in [4.78, 5) is 14.8. The molecule has 1 spiro atoms. The zero-order valence-corrected chi connectivity index (χ0v) is 18.1. The van der Waals surface area contributed by atoms with Gasteiger partial charge in [-0.25, -0.2) is 0 Å². The van der Waals surface area contributed by atoms with Gasteiger partial charge in [-0.1, -0.05) is 50.3 Å². The molecule has 2 aliphatic carbocycles. The fraction of sp³-hybridized carbons (Fsp3) is 0.654. The van der Waals surface area contributed by atoms with Crippen LogP contribution in [0.1, 0.15) is 87.8 Å². The molecule has 1 heterocycles. The first-order chi connectivity index (χ1) is 14.2. The number of likely N-dealkylation sites (N-methyl/N-ethyl adjacent to an activating group) is 1. The van der Waals surface area contributed by atoms with Crippen LogP contribution in [0.4, 0.5) is 0 Å². The van der Waals surface area contributed by atoms with Gasteiger partial charge in [0.25, 0.3) is 0 Å². The quantitative estimate of drug-likeness (QED) is 0.599. The number of hydrogen-bond donors (Lipinski definition) is 0. The van der Waals surface area contributed by atoms with E-state index in [1.165, 1.54) is 81.8 Å². The monoisotopic (exact) mass is 395 g/mol. The molecular formula is C26H37NO2. The molecule has 1 aliphatic heterocycles. The average molecular weight is 396 g/mol. The van der Waals surface area contributed by atoms with E-state index in [1.54, 1.807) is 6.08 Å². The molecule has 158 valence electrons. The molecule has 0 radical (unpaired) electrons. The molecule has 0 bridgehead atoms. The SMILES string of the molecule is CCN(CC1CCC2(CCCCCCC2)O1)C(=O)/C=C/c1ccc2c(c1)CCC2. The first-order valence-corrected chi connectivity index (χ1v) is 11.9. The molecule has 29 heavy (non-hydrogen) atoms. The first-order valence-electron chi connectivity index (χ1n) is 11.9. The van der Waals surface area contributed by atoms with E-state index in [0.29, 0.717) is 0 Å². The highest BCUT2D eigenvalue weighted by Crippen LogP contribution is 2.40. The summed E-state index contributed by atoms with van der Waals surface area (Å²) in [5, 5.41) is 0. The summed E-state index contributed by atoms with van der Waals surface area (Å²) in [6.07, 6.45) is 18.9. The number of hydrogen-bond acceptors (Lipinski definition) is 2. The molecule has 3 aliphatic rings. The molecule has 0 aromatic heterocycles. The molecule has 0 N–H and O–H groups in total. The minimum atomic E-state index is 0.105. The Labute approximate surface area is 176 Å². The summed E-state index contributed by atoms with van der Waals surface area (Å²) in [6.45, 7) is 3.54. The van der Waals surface area contributed by atoms with Crippen molar-refractivity contribution in [1.82, 2.24) is 4.90 Å². The molecule has 3 nitrogen and oxygen atoms in total. The van der Waals surface area contributed by atoms with E-state index < -0.39 is 0 Å². The van der Waals surface area contributed by atoms with Gasteiger partial charge in [-0.2, -0.15) is 0 Å². The van der Waals surface area contributed by atoms with Crippen molar-refractivity contribution in [3.8, 4) is 0 Å². The van der Waals surface area contributed by atoms with Crippen molar-refractivity contribution in [3.63, 3.8) is 0 Å². The number of rotatable bonds is 5. The van der Waals surface area contributed by atoms with E-state index in [-0.39, 0.29) is 17.6 Å². The van der Waals surface area contributed by atoms with Crippen LogP contribution in [-0.4, -0.2) is 35.6 Å². The second-order valence-corrected chi connectivity index (χ2v) is 9.32. The summed E-state index contributed by atoms with van der Waals surface area (Å²) >= 11 is 0. The molecule has 1 saturated carbocycles. The zero-order valence-electron chi connectivity index (χ0n) is 18.1. The average Bonchev–Trinajstić information content (AvgIpc) is 3.34. The van der Waals surface area contributed by atoms with Crippen molar-refractivity contribution in [2.45, 2.75) is 95.7 Å². The number of carbonyl (C=O) groups is 1. The van der Waals surface area contributed by atoms with E-state index >= 15 is 0 Å². The number of ether oxygens (including phenoxy) is 1. The third kappa shape index (κ3) is 5.12. The normalized spacial score (nSPS) is 23.8. The summed E-state index contributed by atoms with van der Waals surface area (Å²) in [7, 11) is 0. The van der Waals surface area contributed by atoms with Crippen molar-refractivity contribution in [1.29, 1.82) is 0 Å². The topological polar surface area (TPSA) is 29.5 Å². The van der Waals surface area contributed by atoms with Gasteiger partial charge < -0.3 is 9.64 Å². The lowest BCUT2D eigenvalue weighted by molar-refractivity contribution is -0.129. The van der Waals surface area contributed by atoms with Crippen molar-refractivity contribution in [3.05, 3.63) is 41.0 Å². The second-order valence-electron chi connectivity index (χ2n) is 9.32. The first kappa shape index (κ1) is 20.7. The lowest BCUT2D eigenvalue weighted by Gasteiger charge is -2.32. The van der Waals surface area contributed by atoms with Gasteiger partial charge in [0, 0.05) is 19.2 Å². The molecular weight excluding hydrogens is 358 g/mol. The molecule has 1 aromatic carbocycles. The number of amides is 1. The Bertz CT molecular complexity index is 730. The molecule has 1 atom stereocenters. The molecule has 1 unspecified atom stereocenters. The molecule has 4 rings (SSSR count). The van der Waals surface area contributed by atoms with Crippen molar-refractivity contribution < 1.29 is 9.53 Å². The van der Waals surface area contributed by atoms with Crippen LogP contribution in [0.2, 0.25) is 0 Å². The van der Waals surface area contributed by atoms with Gasteiger partial charge in [0.2, 0.25) is 5.91 Å². The fourth-order valence-electron chi connectivity index (χ4n) is 5.53. The molecule has 2 fully saturated rings. The fourth-order valence-corrected chi connectivity index (χ4v) is 5.53. The van der Waals surface area contributed by atoms with E-state index in [2.05, 4.69) is 25.1 Å². The highest BCUT2D eigenvalue weighted by Gasteiger charge is 2.40. The van der Waals surface area contributed by atoms with Crippen LogP contribution < -0.4 is 0 Å². The zero-order chi connectivity index (χ0) is 20.1. The highest BCUT2D eigenvalue weighted by atomic mass is 16.5. The van der Waals surface area contributed by atoms with Gasteiger partial charge in [-0.15, -0.1) is 0 Å². The van der Waals surface area contributed by atoms with Gasteiger partial charge >= 0.3 is 0 Å². The Balaban J connectivity index is 1.33. The standard InChI is InChI=1S/C26H37NO2/c1-2-27(20-24-15-18-26(29-24)16-6-4-3-5-7-17-26)25(28)14-12-21-11-13-22-9-8-10-23(22)19-21/h11-14,19,24H,2-10,15-18,20H2,1H3/b14-12+. The van der Waals surface area contributed by atoms with Crippen molar-refractivity contribution in [2.75, 3.05) is 13.1 Å². The predicted molar refractivity (Wildman–Crippen MR) is 119 cm³/mol. The Kier molecular flexibility index (Phi) is 6.74.